The largest absolute Gasteiger partial charge is 0.479 e. The van der Waals surface area contributed by atoms with Gasteiger partial charge in [0.05, 0.1) is 0 Å². The third kappa shape index (κ3) is 4.63. The van der Waals surface area contributed by atoms with Crippen molar-refractivity contribution in [2.75, 3.05) is 13.1 Å². The van der Waals surface area contributed by atoms with Gasteiger partial charge < -0.3 is 10.1 Å². The smallest absolute Gasteiger partial charge is 0.154 e. The first-order valence-electron chi connectivity index (χ1n) is 4.89. The number of alkyl halides is 1. The summed E-state index contributed by atoms with van der Waals surface area (Å²) in [4.78, 5) is 0. The maximum atomic E-state index is 5.64. The zero-order valence-corrected chi connectivity index (χ0v) is 9.96. The van der Waals surface area contributed by atoms with Crippen molar-refractivity contribution in [3.05, 3.63) is 30.3 Å². The molecule has 1 N–H and O–H groups in total. The molecule has 1 unspecified atom stereocenters. The summed E-state index contributed by atoms with van der Waals surface area (Å²) in [5.74, 6) is 0.908. The molecule has 14 heavy (non-hydrogen) atoms. The number of hydrogen-bond acceptors (Lipinski definition) is 2. The van der Waals surface area contributed by atoms with Crippen molar-refractivity contribution >= 4 is 15.9 Å². The Morgan fingerprint density at radius 1 is 1.36 bits per heavy atom. The molecule has 0 heterocycles. The third-order valence-corrected chi connectivity index (χ3v) is 2.45. The van der Waals surface area contributed by atoms with Crippen LogP contribution in [0.5, 0.6) is 5.75 Å². The molecule has 78 valence electrons. The van der Waals surface area contributed by atoms with Crippen LogP contribution in [0, 0.1) is 0 Å². The molecule has 1 aromatic rings. The number of halogens is 1. The first-order chi connectivity index (χ1) is 6.83. The Kier molecular flexibility index (Phi) is 5.64. The van der Waals surface area contributed by atoms with Crippen molar-refractivity contribution in [2.24, 2.45) is 0 Å². The van der Waals surface area contributed by atoms with E-state index in [-0.39, 0.29) is 5.01 Å². The molecule has 0 aromatic heterocycles. The summed E-state index contributed by atoms with van der Waals surface area (Å²) < 4.78 is 5.64. The summed E-state index contributed by atoms with van der Waals surface area (Å²) in [6.07, 6.45) is 0.961. The Balaban J connectivity index is 2.23. The topological polar surface area (TPSA) is 21.3 Å². The molecule has 0 aliphatic carbocycles. The van der Waals surface area contributed by atoms with Crippen molar-refractivity contribution in [1.82, 2.24) is 5.32 Å². The molecule has 1 atom stereocenters. The monoisotopic (exact) mass is 257 g/mol. The van der Waals surface area contributed by atoms with Gasteiger partial charge in [0.2, 0.25) is 0 Å². The van der Waals surface area contributed by atoms with E-state index in [0.717, 1.165) is 25.3 Å². The SMILES string of the molecule is CCNCCC(Br)Oc1ccccc1. The van der Waals surface area contributed by atoms with E-state index in [1.165, 1.54) is 0 Å². The van der Waals surface area contributed by atoms with Crippen LogP contribution < -0.4 is 10.1 Å². The molecule has 1 rings (SSSR count). The van der Waals surface area contributed by atoms with Gasteiger partial charge in [-0.15, -0.1) is 0 Å². The van der Waals surface area contributed by atoms with E-state index >= 15 is 0 Å². The summed E-state index contributed by atoms with van der Waals surface area (Å²) in [5.41, 5.74) is 0. The number of para-hydroxylation sites is 1. The minimum Gasteiger partial charge on any atom is -0.479 e. The Hall–Kier alpha value is -0.540. The lowest BCUT2D eigenvalue weighted by Crippen LogP contribution is -2.20. The second kappa shape index (κ2) is 6.85. The highest BCUT2D eigenvalue weighted by Crippen LogP contribution is 2.15. The van der Waals surface area contributed by atoms with Crippen LogP contribution in [0.3, 0.4) is 0 Å². The average Bonchev–Trinajstić information content (AvgIpc) is 2.20. The lowest BCUT2D eigenvalue weighted by molar-refractivity contribution is 0.282. The maximum absolute atomic E-state index is 5.64. The molecule has 3 heteroatoms. The Bertz CT molecular complexity index is 240. The van der Waals surface area contributed by atoms with Gasteiger partial charge in [0.1, 0.15) is 5.75 Å². The van der Waals surface area contributed by atoms with Crippen molar-refractivity contribution in [3.63, 3.8) is 0 Å². The van der Waals surface area contributed by atoms with Gasteiger partial charge in [0.25, 0.3) is 0 Å². The van der Waals surface area contributed by atoms with Gasteiger partial charge in [0.15, 0.2) is 5.01 Å². The zero-order valence-electron chi connectivity index (χ0n) is 8.37. The fourth-order valence-corrected chi connectivity index (χ4v) is 1.54. The number of benzene rings is 1. The summed E-state index contributed by atoms with van der Waals surface area (Å²) in [7, 11) is 0. The minimum atomic E-state index is 0.0870. The van der Waals surface area contributed by atoms with E-state index in [1.54, 1.807) is 0 Å². The van der Waals surface area contributed by atoms with Crippen molar-refractivity contribution in [1.29, 1.82) is 0 Å². The molecular weight excluding hydrogens is 242 g/mol. The average molecular weight is 258 g/mol. The van der Waals surface area contributed by atoms with Crippen LogP contribution in [-0.4, -0.2) is 18.1 Å². The van der Waals surface area contributed by atoms with E-state index < -0.39 is 0 Å². The third-order valence-electron chi connectivity index (χ3n) is 1.81. The van der Waals surface area contributed by atoms with Crippen LogP contribution in [0.2, 0.25) is 0 Å². The molecule has 0 aliphatic rings. The highest BCUT2D eigenvalue weighted by Gasteiger charge is 2.03. The molecule has 0 radical (unpaired) electrons. The highest BCUT2D eigenvalue weighted by atomic mass is 79.9. The first kappa shape index (κ1) is 11.5. The lowest BCUT2D eigenvalue weighted by atomic mass is 10.3. The fourth-order valence-electron chi connectivity index (χ4n) is 1.10. The zero-order chi connectivity index (χ0) is 10.2. The van der Waals surface area contributed by atoms with Gasteiger partial charge in [-0.3, -0.25) is 0 Å². The highest BCUT2D eigenvalue weighted by molar-refractivity contribution is 9.09. The van der Waals surface area contributed by atoms with E-state index in [9.17, 15) is 0 Å². The maximum Gasteiger partial charge on any atom is 0.154 e. The minimum absolute atomic E-state index is 0.0870. The van der Waals surface area contributed by atoms with Gasteiger partial charge >= 0.3 is 0 Å². The quantitative estimate of drug-likeness (QED) is 0.625. The summed E-state index contributed by atoms with van der Waals surface area (Å²) >= 11 is 3.48. The van der Waals surface area contributed by atoms with Crippen LogP contribution >= 0.6 is 15.9 Å². The molecule has 0 saturated carbocycles. The van der Waals surface area contributed by atoms with Gasteiger partial charge in [-0.05, 0) is 41.2 Å². The summed E-state index contributed by atoms with van der Waals surface area (Å²) in [6.45, 7) is 4.07. The first-order valence-corrected chi connectivity index (χ1v) is 5.81. The Morgan fingerprint density at radius 2 is 2.07 bits per heavy atom. The van der Waals surface area contributed by atoms with Crippen molar-refractivity contribution in [2.45, 2.75) is 18.4 Å². The lowest BCUT2D eigenvalue weighted by Gasteiger charge is -2.12. The molecule has 0 amide bonds. The number of ether oxygens (including phenoxy) is 1. The molecule has 2 nitrogen and oxygen atoms in total. The van der Waals surface area contributed by atoms with Crippen LogP contribution in [0.25, 0.3) is 0 Å². The van der Waals surface area contributed by atoms with Gasteiger partial charge in [-0.25, -0.2) is 0 Å². The van der Waals surface area contributed by atoms with Crippen LogP contribution in [0.15, 0.2) is 30.3 Å². The van der Waals surface area contributed by atoms with Crippen LogP contribution in [0.1, 0.15) is 13.3 Å². The van der Waals surface area contributed by atoms with Gasteiger partial charge in [-0.2, -0.15) is 0 Å². The van der Waals surface area contributed by atoms with Crippen molar-refractivity contribution in [3.8, 4) is 5.75 Å². The number of nitrogens with one attached hydrogen (secondary N) is 1. The predicted molar refractivity (Wildman–Crippen MR) is 62.9 cm³/mol. The summed E-state index contributed by atoms with van der Waals surface area (Å²) in [5, 5.41) is 3.34. The fraction of sp³-hybridized carbons (Fsp3) is 0.455. The standard InChI is InChI=1S/C11H16BrNO/c1-2-13-9-8-11(12)14-10-6-4-3-5-7-10/h3-7,11,13H,2,8-9H2,1H3. The second-order valence-electron chi connectivity index (χ2n) is 2.98. The van der Waals surface area contributed by atoms with E-state index in [2.05, 4.69) is 28.2 Å². The van der Waals surface area contributed by atoms with Crippen molar-refractivity contribution < 1.29 is 4.74 Å². The molecule has 0 saturated heterocycles. The molecule has 0 fully saturated rings. The van der Waals surface area contributed by atoms with E-state index in [1.807, 2.05) is 30.3 Å². The van der Waals surface area contributed by atoms with Gasteiger partial charge in [0, 0.05) is 6.42 Å². The number of rotatable bonds is 6. The Morgan fingerprint density at radius 3 is 2.71 bits per heavy atom. The summed E-state index contributed by atoms with van der Waals surface area (Å²) in [6, 6.07) is 9.84. The van der Waals surface area contributed by atoms with E-state index in [0.29, 0.717) is 0 Å². The molecule has 0 spiro atoms. The van der Waals surface area contributed by atoms with Crippen LogP contribution in [-0.2, 0) is 0 Å². The predicted octanol–water partition coefficient (Wildman–Crippen LogP) is 2.79. The van der Waals surface area contributed by atoms with E-state index in [4.69, 9.17) is 4.74 Å². The normalized spacial score (nSPS) is 12.4. The molecular formula is C11H16BrNO. The van der Waals surface area contributed by atoms with Gasteiger partial charge in [-0.1, -0.05) is 25.1 Å². The molecule has 0 aliphatic heterocycles. The molecule has 0 bridgehead atoms. The second-order valence-corrected chi connectivity index (χ2v) is 4.00. The van der Waals surface area contributed by atoms with Crippen LogP contribution in [0.4, 0.5) is 0 Å². The molecule has 1 aromatic carbocycles. The Labute approximate surface area is 93.8 Å². The number of hydrogen-bond donors (Lipinski definition) is 1.